The largest absolute Gasteiger partial charge is 0.460 e. The van der Waals surface area contributed by atoms with Gasteiger partial charge in [0.2, 0.25) is 5.85 Å². The number of unbranched alkanes of at least 4 members (excludes halogenated alkanes) is 1. The number of esters is 1. The second-order valence-corrected chi connectivity index (χ2v) is 13.9. The van der Waals surface area contributed by atoms with E-state index in [-0.39, 0.29) is 36.7 Å². The van der Waals surface area contributed by atoms with Crippen LogP contribution in [-0.4, -0.2) is 47.0 Å². The number of halogens is 2. The van der Waals surface area contributed by atoms with Gasteiger partial charge in [-0.1, -0.05) is 59.1 Å². The molecule has 43 heavy (non-hydrogen) atoms. The Morgan fingerprint density at radius 1 is 1.02 bits per heavy atom. The van der Waals surface area contributed by atoms with E-state index in [2.05, 4.69) is 39.6 Å². The lowest BCUT2D eigenvalue weighted by atomic mass is 9.86. The maximum absolute atomic E-state index is 14.9. The highest BCUT2D eigenvalue weighted by molar-refractivity contribution is 5.94. The van der Waals surface area contributed by atoms with Gasteiger partial charge < -0.3 is 14.2 Å². The number of aryl methyl sites for hydroxylation is 1. The lowest BCUT2D eigenvalue weighted by Crippen LogP contribution is -2.41. The summed E-state index contributed by atoms with van der Waals surface area (Å²) in [4.78, 5) is 30.2. The highest BCUT2D eigenvalue weighted by Crippen LogP contribution is 2.28. The Labute approximate surface area is 260 Å². The van der Waals surface area contributed by atoms with E-state index in [0.717, 1.165) is 5.57 Å². The second kappa shape index (κ2) is 17.9. The van der Waals surface area contributed by atoms with Gasteiger partial charge in [0.25, 0.3) is 0 Å². The predicted molar refractivity (Wildman–Crippen MR) is 171 cm³/mol. The fourth-order valence-electron chi connectivity index (χ4n) is 3.67. The van der Waals surface area contributed by atoms with Crippen LogP contribution in [0.5, 0.6) is 0 Å². The molecule has 1 rings (SSSR count). The molecule has 0 bridgehead atoms. The van der Waals surface area contributed by atoms with E-state index in [1.807, 2.05) is 26.8 Å². The number of aromatic nitrogens is 1. The first kappa shape index (κ1) is 40.8. The van der Waals surface area contributed by atoms with Gasteiger partial charge in [-0.15, -0.1) is 0 Å². The van der Waals surface area contributed by atoms with Crippen LogP contribution in [0.15, 0.2) is 11.6 Å². The number of carbonyl (C=O) groups is 2. The molecule has 0 radical (unpaired) electrons. The summed E-state index contributed by atoms with van der Waals surface area (Å²) in [5.41, 5.74) is 1.24. The van der Waals surface area contributed by atoms with Crippen molar-refractivity contribution in [2.45, 2.75) is 153 Å². The first-order chi connectivity index (χ1) is 19.5. The van der Waals surface area contributed by atoms with Crippen molar-refractivity contribution in [2.24, 2.45) is 11.3 Å². The summed E-state index contributed by atoms with van der Waals surface area (Å²) in [6, 6.07) is 1.35. The van der Waals surface area contributed by atoms with Crippen molar-refractivity contribution >= 4 is 17.8 Å². The zero-order chi connectivity index (χ0) is 33.8. The van der Waals surface area contributed by atoms with E-state index in [4.69, 9.17) is 14.2 Å². The summed E-state index contributed by atoms with van der Waals surface area (Å²) in [7, 11) is 0. The monoisotopic (exact) mass is 611 g/mol. The Balaban J connectivity index is 0.00000413. The molecule has 248 valence electrons. The number of ketones is 1. The first-order valence-corrected chi connectivity index (χ1v) is 15.6. The molecule has 0 saturated carbocycles. The molecule has 0 N–H and O–H groups in total. The van der Waals surface area contributed by atoms with Crippen molar-refractivity contribution in [2.75, 3.05) is 6.61 Å². The van der Waals surface area contributed by atoms with Gasteiger partial charge >= 0.3 is 5.97 Å². The van der Waals surface area contributed by atoms with Gasteiger partial charge in [-0.05, 0) is 92.2 Å². The van der Waals surface area contributed by atoms with Crippen LogP contribution in [0.3, 0.4) is 0 Å². The zero-order valence-corrected chi connectivity index (χ0v) is 29.4. The highest BCUT2D eigenvalue weighted by Gasteiger charge is 2.35. The van der Waals surface area contributed by atoms with Crippen molar-refractivity contribution < 1.29 is 32.6 Å². The molecule has 0 aliphatic rings. The summed E-state index contributed by atoms with van der Waals surface area (Å²) in [6.07, 6.45) is 4.20. The molecule has 0 saturated heterocycles. The second-order valence-electron chi connectivity index (χ2n) is 13.9. The lowest BCUT2D eigenvalue weighted by molar-refractivity contribution is -0.183. The van der Waals surface area contributed by atoms with Crippen LogP contribution in [0.1, 0.15) is 144 Å². The molecule has 8 heteroatoms. The van der Waals surface area contributed by atoms with Crippen LogP contribution in [0.4, 0.5) is 8.78 Å². The molecule has 1 aromatic rings. The number of rotatable bonds is 14. The van der Waals surface area contributed by atoms with E-state index in [1.165, 1.54) is 32.8 Å². The van der Waals surface area contributed by atoms with Crippen LogP contribution in [0.2, 0.25) is 0 Å². The van der Waals surface area contributed by atoms with Crippen molar-refractivity contribution in [1.29, 1.82) is 0 Å². The van der Waals surface area contributed by atoms with Crippen LogP contribution in [0, 0.1) is 24.1 Å². The maximum Gasteiger partial charge on any atom is 0.314 e. The van der Waals surface area contributed by atoms with Crippen LogP contribution in [-0.2, 0) is 19.0 Å². The third kappa shape index (κ3) is 17.0. The normalized spacial score (nSPS) is 14.2. The average Bonchev–Trinajstić information content (AvgIpc) is 2.83. The molecule has 2 atom stereocenters. The van der Waals surface area contributed by atoms with Gasteiger partial charge in [-0.2, -0.15) is 0 Å². The standard InChI is InChI=1S/C31H49F2NO5.C4H10/c1-19(2)38-26(23(18-37-31(11,12)33)28(36)39-30(8,9)10)15-13-14-25(35)27-24(32)17-22(21(4)34-27)16-20(3)29(5,6)7;1-3-4-2/h16-17,19,23,26H,13-15,18H2,1-12H3;3-4H2,1-2H3/b20-16+;. The molecule has 1 heterocycles. The van der Waals surface area contributed by atoms with E-state index in [9.17, 15) is 18.4 Å². The fraction of sp³-hybridized carbons (Fsp3) is 0.743. The third-order valence-electron chi connectivity index (χ3n) is 6.63. The summed E-state index contributed by atoms with van der Waals surface area (Å²) >= 11 is 0. The Kier molecular flexibility index (Phi) is 17.0. The number of nitrogens with zero attached hydrogens (tertiary/aromatic N) is 1. The Hall–Kier alpha value is -2.19. The minimum Gasteiger partial charge on any atom is -0.460 e. The highest BCUT2D eigenvalue weighted by atomic mass is 19.2. The number of ether oxygens (including phenoxy) is 3. The Morgan fingerprint density at radius 2 is 1.58 bits per heavy atom. The molecule has 0 aliphatic carbocycles. The molecule has 6 nitrogen and oxygen atoms in total. The number of hydrogen-bond donors (Lipinski definition) is 0. The van der Waals surface area contributed by atoms with Crippen LogP contribution < -0.4 is 0 Å². The van der Waals surface area contributed by atoms with Gasteiger partial charge in [0.05, 0.1) is 18.8 Å². The van der Waals surface area contributed by atoms with Gasteiger partial charge in [0.15, 0.2) is 11.6 Å². The van der Waals surface area contributed by atoms with E-state index in [0.29, 0.717) is 17.7 Å². The molecule has 1 aromatic heterocycles. The predicted octanol–water partition coefficient (Wildman–Crippen LogP) is 9.61. The molecule has 0 spiro atoms. The number of Topliss-reactive ketones (excluding diaryl/α,β-unsaturated/α-hetero) is 1. The Bertz CT molecular complexity index is 1040. The van der Waals surface area contributed by atoms with Crippen LogP contribution in [0.25, 0.3) is 6.08 Å². The number of hydrogen-bond acceptors (Lipinski definition) is 6. The average molecular weight is 612 g/mol. The molecular weight excluding hydrogens is 552 g/mol. The molecular formula is C35H59F2NO5. The van der Waals surface area contributed by atoms with E-state index >= 15 is 0 Å². The topological polar surface area (TPSA) is 74.7 Å². The molecule has 2 unspecified atom stereocenters. The summed E-state index contributed by atoms with van der Waals surface area (Å²) < 4.78 is 46.0. The van der Waals surface area contributed by atoms with Gasteiger partial charge in [0, 0.05) is 12.1 Å². The molecule has 0 amide bonds. The van der Waals surface area contributed by atoms with Crippen molar-refractivity contribution in [3.8, 4) is 0 Å². The van der Waals surface area contributed by atoms with Gasteiger partial charge in [0.1, 0.15) is 17.2 Å². The lowest BCUT2D eigenvalue weighted by Gasteiger charge is -2.31. The number of pyridine rings is 1. The van der Waals surface area contributed by atoms with Crippen LogP contribution >= 0.6 is 0 Å². The molecule has 0 aliphatic heterocycles. The first-order valence-electron chi connectivity index (χ1n) is 15.6. The van der Waals surface area contributed by atoms with E-state index < -0.39 is 41.0 Å². The summed E-state index contributed by atoms with van der Waals surface area (Å²) in [5.74, 6) is -4.53. The van der Waals surface area contributed by atoms with Crippen molar-refractivity contribution in [3.63, 3.8) is 0 Å². The maximum atomic E-state index is 14.9. The van der Waals surface area contributed by atoms with E-state index in [1.54, 1.807) is 27.7 Å². The van der Waals surface area contributed by atoms with Gasteiger partial charge in [-0.3, -0.25) is 9.59 Å². The minimum absolute atomic E-state index is 0.00796. The molecule has 0 aromatic carbocycles. The number of allylic oxidation sites excluding steroid dienone is 1. The zero-order valence-electron chi connectivity index (χ0n) is 29.4. The fourth-order valence-corrected chi connectivity index (χ4v) is 3.67. The summed E-state index contributed by atoms with van der Waals surface area (Å²) in [5, 5.41) is 0. The number of carbonyl (C=O) groups excluding carboxylic acids is 2. The number of alkyl halides is 1. The minimum atomic E-state index is -1.95. The third-order valence-corrected chi connectivity index (χ3v) is 6.63. The van der Waals surface area contributed by atoms with Gasteiger partial charge in [-0.25, -0.2) is 13.8 Å². The SMILES string of the molecule is C/C(=C\c1cc(F)c(C(=O)CCCC(OC(C)C)C(COC(C)(C)F)C(=O)OC(C)(C)C)nc1C)C(C)(C)C.CCCC. The Morgan fingerprint density at radius 3 is 2.02 bits per heavy atom. The summed E-state index contributed by atoms with van der Waals surface area (Å²) in [6.45, 7) is 25.5. The van der Waals surface area contributed by atoms with Crippen molar-refractivity contribution in [3.05, 3.63) is 34.4 Å². The quantitative estimate of drug-likeness (QED) is 0.154. The smallest absolute Gasteiger partial charge is 0.314 e. The van der Waals surface area contributed by atoms with Crippen molar-refractivity contribution in [1.82, 2.24) is 4.98 Å². The molecule has 0 fully saturated rings.